The van der Waals surface area contributed by atoms with Crippen molar-refractivity contribution in [3.63, 3.8) is 0 Å². The maximum atomic E-state index is 9.39. The number of aliphatic hydroxyl groups is 1. The molecule has 0 aliphatic heterocycles. The summed E-state index contributed by atoms with van der Waals surface area (Å²) < 4.78 is 5.73. The molecule has 3 nitrogen and oxygen atoms in total. The smallest absolute Gasteiger partial charge is 0.145 e. The van der Waals surface area contributed by atoms with Gasteiger partial charge in [0.05, 0.1) is 18.0 Å². The second-order valence-corrected chi connectivity index (χ2v) is 4.95. The molecule has 1 aromatic heterocycles. The van der Waals surface area contributed by atoms with Gasteiger partial charge in [-0.15, -0.1) is 0 Å². The van der Waals surface area contributed by atoms with Crippen LogP contribution in [0, 0.1) is 13.8 Å². The van der Waals surface area contributed by atoms with Crippen molar-refractivity contribution in [2.24, 2.45) is 0 Å². The number of hydrogen-bond acceptors (Lipinski definition) is 3. The van der Waals surface area contributed by atoms with E-state index in [1.165, 1.54) is 0 Å². The molecule has 0 radical (unpaired) electrons. The van der Waals surface area contributed by atoms with Crippen LogP contribution < -0.4 is 4.74 Å². The number of benzene rings is 1. The van der Waals surface area contributed by atoms with Crippen LogP contribution in [0.4, 0.5) is 0 Å². The molecule has 0 aliphatic carbocycles. The second-order valence-electron chi connectivity index (χ2n) is 4.57. The molecule has 1 N–H and O–H groups in total. The largest absolute Gasteiger partial charge is 0.456 e. The summed E-state index contributed by atoms with van der Waals surface area (Å²) in [5.41, 5.74) is 2.58. The van der Waals surface area contributed by atoms with Gasteiger partial charge in [0, 0.05) is 5.02 Å². The number of nitrogens with zero attached hydrogens (tertiary/aromatic N) is 1. The lowest BCUT2D eigenvalue weighted by Crippen LogP contribution is -1.95. The monoisotopic (exact) mass is 277 g/mol. The van der Waals surface area contributed by atoms with Crippen LogP contribution in [-0.2, 0) is 0 Å². The zero-order valence-electron chi connectivity index (χ0n) is 11.1. The lowest BCUT2D eigenvalue weighted by atomic mass is 10.1. The van der Waals surface area contributed by atoms with E-state index in [2.05, 4.69) is 4.98 Å². The summed E-state index contributed by atoms with van der Waals surface area (Å²) in [6.45, 7) is 5.56. The van der Waals surface area contributed by atoms with E-state index in [4.69, 9.17) is 16.3 Å². The van der Waals surface area contributed by atoms with Gasteiger partial charge >= 0.3 is 0 Å². The van der Waals surface area contributed by atoms with Crippen molar-refractivity contribution in [1.82, 2.24) is 4.98 Å². The van der Waals surface area contributed by atoms with Gasteiger partial charge in [-0.2, -0.15) is 0 Å². The van der Waals surface area contributed by atoms with E-state index in [-0.39, 0.29) is 0 Å². The molecule has 100 valence electrons. The number of halogens is 1. The normalized spacial score (nSPS) is 12.3. The van der Waals surface area contributed by atoms with Gasteiger partial charge in [-0.05, 0) is 56.2 Å². The molecule has 0 aliphatic rings. The molecular formula is C15H16ClNO2. The fourth-order valence-electron chi connectivity index (χ4n) is 1.80. The summed E-state index contributed by atoms with van der Waals surface area (Å²) in [7, 11) is 0. The Kier molecular flexibility index (Phi) is 4.08. The van der Waals surface area contributed by atoms with Gasteiger partial charge in [0.25, 0.3) is 0 Å². The number of hydrogen-bond donors (Lipinski definition) is 1. The van der Waals surface area contributed by atoms with Crippen molar-refractivity contribution in [1.29, 1.82) is 0 Å². The summed E-state index contributed by atoms with van der Waals surface area (Å²) in [6.07, 6.45) is 1.02. The highest BCUT2D eigenvalue weighted by atomic mass is 35.5. The standard InChI is InChI=1S/C15H16ClNO2/c1-9-6-13(7-10(2)15(9)16)19-12-4-5-14(11(3)18)17-8-12/h4-8,11,18H,1-3H3/t11-/m0/s1. The van der Waals surface area contributed by atoms with Crippen LogP contribution in [-0.4, -0.2) is 10.1 Å². The summed E-state index contributed by atoms with van der Waals surface area (Å²) >= 11 is 6.11. The number of pyridine rings is 1. The highest BCUT2D eigenvalue weighted by Gasteiger charge is 2.06. The number of aromatic nitrogens is 1. The molecule has 0 spiro atoms. The summed E-state index contributed by atoms with van der Waals surface area (Å²) in [4.78, 5) is 4.14. The highest BCUT2D eigenvalue weighted by molar-refractivity contribution is 6.32. The fraction of sp³-hybridized carbons (Fsp3) is 0.267. The topological polar surface area (TPSA) is 42.4 Å². The minimum Gasteiger partial charge on any atom is -0.456 e. The molecule has 0 unspecified atom stereocenters. The van der Waals surface area contributed by atoms with Gasteiger partial charge in [-0.3, -0.25) is 4.98 Å². The molecule has 0 saturated heterocycles. The molecule has 0 amide bonds. The van der Waals surface area contributed by atoms with Crippen LogP contribution >= 0.6 is 11.6 Å². The molecule has 1 heterocycles. The average molecular weight is 278 g/mol. The first-order valence-corrected chi connectivity index (χ1v) is 6.44. The molecule has 1 aromatic carbocycles. The minimum absolute atomic E-state index is 0.575. The Bertz CT molecular complexity index is 556. The zero-order valence-corrected chi connectivity index (χ0v) is 11.9. The van der Waals surface area contributed by atoms with Gasteiger partial charge in [-0.1, -0.05) is 11.6 Å². The SMILES string of the molecule is Cc1cc(Oc2ccc([C@H](C)O)nc2)cc(C)c1Cl. The summed E-state index contributed by atoms with van der Waals surface area (Å²) in [5, 5.41) is 10.1. The third-order valence-corrected chi connectivity index (χ3v) is 3.43. The van der Waals surface area contributed by atoms with Gasteiger partial charge < -0.3 is 9.84 Å². The number of rotatable bonds is 3. The molecule has 2 rings (SSSR count). The Labute approximate surface area is 117 Å². The Morgan fingerprint density at radius 1 is 1.16 bits per heavy atom. The van der Waals surface area contributed by atoms with E-state index in [9.17, 15) is 5.11 Å². The lowest BCUT2D eigenvalue weighted by molar-refractivity contribution is 0.194. The molecule has 4 heteroatoms. The summed E-state index contributed by atoms with van der Waals surface area (Å²) in [5.74, 6) is 1.36. The lowest BCUT2D eigenvalue weighted by Gasteiger charge is -2.10. The number of ether oxygens (including phenoxy) is 1. The minimum atomic E-state index is -0.575. The Balaban J connectivity index is 2.21. The molecule has 0 fully saturated rings. The number of aryl methyl sites for hydroxylation is 2. The van der Waals surface area contributed by atoms with Crippen molar-refractivity contribution >= 4 is 11.6 Å². The van der Waals surface area contributed by atoms with Crippen molar-refractivity contribution in [3.8, 4) is 11.5 Å². The first-order chi connectivity index (χ1) is 8.97. The molecule has 2 aromatic rings. The van der Waals surface area contributed by atoms with Gasteiger partial charge in [0.2, 0.25) is 0 Å². The predicted octanol–water partition coefficient (Wildman–Crippen LogP) is 4.20. The van der Waals surface area contributed by atoms with Gasteiger partial charge in [0.1, 0.15) is 11.5 Å². The van der Waals surface area contributed by atoms with Gasteiger partial charge in [0.15, 0.2) is 0 Å². The van der Waals surface area contributed by atoms with E-state index in [1.54, 1.807) is 25.3 Å². The van der Waals surface area contributed by atoms with Gasteiger partial charge in [-0.25, -0.2) is 0 Å². The number of aliphatic hydroxyl groups excluding tert-OH is 1. The Morgan fingerprint density at radius 2 is 1.79 bits per heavy atom. The molecule has 19 heavy (non-hydrogen) atoms. The third kappa shape index (κ3) is 3.25. The first kappa shape index (κ1) is 13.8. The quantitative estimate of drug-likeness (QED) is 0.914. The van der Waals surface area contributed by atoms with E-state index >= 15 is 0 Å². The van der Waals surface area contributed by atoms with Crippen molar-refractivity contribution in [3.05, 3.63) is 52.3 Å². The summed E-state index contributed by atoms with van der Waals surface area (Å²) in [6, 6.07) is 7.31. The zero-order chi connectivity index (χ0) is 14.0. The maximum Gasteiger partial charge on any atom is 0.145 e. The van der Waals surface area contributed by atoms with Crippen molar-refractivity contribution < 1.29 is 9.84 Å². The highest BCUT2D eigenvalue weighted by Crippen LogP contribution is 2.29. The molecular weight excluding hydrogens is 262 g/mol. The van der Waals surface area contributed by atoms with Crippen molar-refractivity contribution in [2.45, 2.75) is 26.9 Å². The molecule has 1 atom stereocenters. The van der Waals surface area contributed by atoms with Crippen LogP contribution in [0.5, 0.6) is 11.5 Å². The third-order valence-electron chi connectivity index (χ3n) is 2.83. The van der Waals surface area contributed by atoms with Crippen LogP contribution in [0.2, 0.25) is 5.02 Å². The second kappa shape index (κ2) is 5.59. The van der Waals surface area contributed by atoms with E-state index < -0.39 is 6.10 Å². The molecule has 0 saturated carbocycles. The average Bonchev–Trinajstić information content (AvgIpc) is 2.36. The van der Waals surface area contributed by atoms with E-state index in [1.807, 2.05) is 26.0 Å². The van der Waals surface area contributed by atoms with Crippen LogP contribution in [0.15, 0.2) is 30.5 Å². The maximum absolute atomic E-state index is 9.39. The molecule has 0 bridgehead atoms. The van der Waals surface area contributed by atoms with Crippen molar-refractivity contribution in [2.75, 3.05) is 0 Å². The Morgan fingerprint density at radius 3 is 2.26 bits per heavy atom. The van der Waals surface area contributed by atoms with E-state index in [0.717, 1.165) is 21.9 Å². The first-order valence-electron chi connectivity index (χ1n) is 6.06. The van der Waals surface area contributed by atoms with Crippen LogP contribution in [0.3, 0.4) is 0 Å². The predicted molar refractivity (Wildman–Crippen MR) is 75.9 cm³/mol. The Hall–Kier alpha value is -1.58. The van der Waals surface area contributed by atoms with Crippen LogP contribution in [0.25, 0.3) is 0 Å². The fourth-order valence-corrected chi connectivity index (χ4v) is 1.91. The van der Waals surface area contributed by atoms with Crippen LogP contribution in [0.1, 0.15) is 29.8 Å². The van der Waals surface area contributed by atoms with E-state index in [0.29, 0.717) is 11.4 Å².